The number of hydrogen-bond acceptors (Lipinski definition) is 4. The second kappa shape index (κ2) is 5.52. The summed E-state index contributed by atoms with van der Waals surface area (Å²) < 4.78 is 0. The molecule has 0 aliphatic heterocycles. The number of rotatable bonds is 2. The lowest BCUT2D eigenvalue weighted by atomic mass is 10.1. The Kier molecular flexibility index (Phi) is 3.80. The molecule has 1 aromatic heterocycles. The molecule has 18 heavy (non-hydrogen) atoms. The van der Waals surface area contributed by atoms with Crippen molar-refractivity contribution in [3.63, 3.8) is 0 Å². The van der Waals surface area contributed by atoms with E-state index in [1.807, 2.05) is 0 Å². The van der Waals surface area contributed by atoms with Gasteiger partial charge in [0.05, 0.1) is 10.3 Å². The molecule has 0 aliphatic carbocycles. The lowest BCUT2D eigenvalue weighted by molar-refractivity contribution is -0.383. The predicted octanol–water partition coefficient (Wildman–Crippen LogP) is 2.81. The van der Waals surface area contributed by atoms with E-state index in [0.717, 1.165) is 10.9 Å². The van der Waals surface area contributed by atoms with Crippen LogP contribution >= 0.6 is 12.6 Å². The summed E-state index contributed by atoms with van der Waals surface area (Å²) in [4.78, 5) is 14.4. The van der Waals surface area contributed by atoms with Crippen molar-refractivity contribution in [2.24, 2.45) is 0 Å². The van der Waals surface area contributed by atoms with Gasteiger partial charge in [-0.1, -0.05) is 11.8 Å². The summed E-state index contributed by atoms with van der Waals surface area (Å²) in [6, 6.07) is 4.88. The highest BCUT2D eigenvalue weighted by atomic mass is 32.1. The van der Waals surface area contributed by atoms with Crippen molar-refractivity contribution in [3.05, 3.63) is 46.3 Å². The minimum absolute atomic E-state index is 0.0536. The smallest absolute Gasteiger partial charge is 0.264 e. The van der Waals surface area contributed by atoms with Gasteiger partial charge in [0.2, 0.25) is 0 Å². The average molecular weight is 258 g/mol. The SMILES string of the molecule is O=[N+]([O-])c1ccc(C#CCCS)c2ccncc12. The highest BCUT2D eigenvalue weighted by molar-refractivity contribution is 7.80. The van der Waals surface area contributed by atoms with E-state index < -0.39 is 4.92 Å². The van der Waals surface area contributed by atoms with Crippen molar-refractivity contribution in [3.8, 4) is 11.8 Å². The van der Waals surface area contributed by atoms with Crippen molar-refractivity contribution in [1.29, 1.82) is 0 Å². The molecule has 2 rings (SSSR count). The monoisotopic (exact) mass is 258 g/mol. The Hall–Kier alpha value is -2.06. The predicted molar refractivity (Wildman–Crippen MR) is 73.7 cm³/mol. The van der Waals surface area contributed by atoms with Crippen LogP contribution in [0.1, 0.15) is 12.0 Å². The summed E-state index contributed by atoms with van der Waals surface area (Å²) in [6.07, 6.45) is 3.79. The Morgan fingerprint density at radius 1 is 1.33 bits per heavy atom. The molecule has 0 fully saturated rings. The molecule has 2 aromatic rings. The third-order valence-corrected chi connectivity index (χ3v) is 2.68. The average Bonchev–Trinajstić information content (AvgIpc) is 2.38. The Morgan fingerprint density at radius 3 is 2.89 bits per heavy atom. The Labute approximate surface area is 110 Å². The fourth-order valence-electron chi connectivity index (χ4n) is 1.66. The van der Waals surface area contributed by atoms with Crippen LogP contribution in [-0.2, 0) is 0 Å². The molecule has 4 nitrogen and oxygen atoms in total. The lowest BCUT2D eigenvalue weighted by Crippen LogP contribution is -1.91. The fourth-order valence-corrected chi connectivity index (χ4v) is 1.77. The van der Waals surface area contributed by atoms with E-state index in [0.29, 0.717) is 17.6 Å². The molecule has 0 amide bonds. The first kappa shape index (κ1) is 12.4. The van der Waals surface area contributed by atoms with Gasteiger partial charge in [-0.05, 0) is 12.1 Å². The van der Waals surface area contributed by atoms with Crippen LogP contribution in [0.3, 0.4) is 0 Å². The third kappa shape index (κ3) is 2.44. The summed E-state index contributed by atoms with van der Waals surface area (Å²) in [6.45, 7) is 0. The maximum Gasteiger partial charge on any atom is 0.278 e. The van der Waals surface area contributed by atoms with Gasteiger partial charge in [0.1, 0.15) is 0 Å². The number of pyridine rings is 1. The quantitative estimate of drug-likeness (QED) is 0.390. The van der Waals surface area contributed by atoms with E-state index >= 15 is 0 Å². The molecule has 1 heterocycles. The number of nitro groups is 1. The zero-order chi connectivity index (χ0) is 13.0. The highest BCUT2D eigenvalue weighted by Crippen LogP contribution is 2.26. The van der Waals surface area contributed by atoms with Crippen LogP contribution in [-0.4, -0.2) is 15.7 Å². The number of non-ortho nitro benzene ring substituents is 1. The van der Waals surface area contributed by atoms with Gasteiger partial charge in [-0.25, -0.2) is 0 Å². The molecule has 0 saturated carbocycles. The minimum atomic E-state index is -0.408. The van der Waals surface area contributed by atoms with Crippen LogP contribution in [0.25, 0.3) is 10.8 Å². The minimum Gasteiger partial charge on any atom is -0.264 e. The lowest BCUT2D eigenvalue weighted by Gasteiger charge is -2.01. The van der Waals surface area contributed by atoms with Crippen molar-refractivity contribution in [2.45, 2.75) is 6.42 Å². The standard InChI is InChI=1S/C13H10N2O2S/c16-15(17)13-5-4-10(3-1-2-8-18)11-6-7-14-9-12(11)13/h4-7,9,18H,2,8H2. The summed E-state index contributed by atoms with van der Waals surface area (Å²) in [7, 11) is 0. The first-order valence-electron chi connectivity index (χ1n) is 5.35. The van der Waals surface area contributed by atoms with Crippen LogP contribution in [0.5, 0.6) is 0 Å². The van der Waals surface area contributed by atoms with Crippen molar-refractivity contribution in [1.82, 2.24) is 4.98 Å². The summed E-state index contributed by atoms with van der Waals surface area (Å²) in [5.41, 5.74) is 0.831. The number of hydrogen-bond donors (Lipinski definition) is 1. The maximum atomic E-state index is 10.9. The number of aromatic nitrogens is 1. The molecular weight excluding hydrogens is 248 g/mol. The largest absolute Gasteiger partial charge is 0.278 e. The first-order chi connectivity index (χ1) is 8.74. The number of benzene rings is 1. The van der Waals surface area contributed by atoms with Gasteiger partial charge in [0.25, 0.3) is 5.69 Å². The molecule has 90 valence electrons. The van der Waals surface area contributed by atoms with Crippen molar-refractivity contribution in [2.75, 3.05) is 5.75 Å². The van der Waals surface area contributed by atoms with E-state index in [9.17, 15) is 10.1 Å². The van der Waals surface area contributed by atoms with Crippen LogP contribution in [0.15, 0.2) is 30.6 Å². The Balaban J connectivity index is 2.62. The second-order valence-electron chi connectivity index (χ2n) is 3.59. The Bertz CT molecular complexity index is 659. The second-order valence-corrected chi connectivity index (χ2v) is 4.03. The number of nitrogens with zero attached hydrogens (tertiary/aromatic N) is 2. The normalized spacial score (nSPS) is 9.83. The molecule has 0 spiro atoms. The molecule has 0 bridgehead atoms. The molecule has 0 radical (unpaired) electrons. The summed E-state index contributed by atoms with van der Waals surface area (Å²) >= 11 is 4.08. The van der Waals surface area contributed by atoms with E-state index in [2.05, 4.69) is 29.5 Å². The molecule has 5 heteroatoms. The van der Waals surface area contributed by atoms with Crippen LogP contribution in [0.2, 0.25) is 0 Å². The first-order valence-corrected chi connectivity index (χ1v) is 5.98. The molecule has 0 aliphatic rings. The molecule has 0 atom stereocenters. The van der Waals surface area contributed by atoms with Gasteiger partial charge in [-0.3, -0.25) is 15.1 Å². The maximum absolute atomic E-state index is 10.9. The molecule has 0 saturated heterocycles. The zero-order valence-corrected chi connectivity index (χ0v) is 10.4. The Morgan fingerprint density at radius 2 is 2.17 bits per heavy atom. The van der Waals surface area contributed by atoms with Gasteiger partial charge in [-0.2, -0.15) is 12.6 Å². The molecular formula is C13H10N2O2S. The van der Waals surface area contributed by atoms with Crippen LogP contribution in [0, 0.1) is 22.0 Å². The third-order valence-electron chi connectivity index (χ3n) is 2.45. The van der Waals surface area contributed by atoms with Gasteiger partial charge < -0.3 is 0 Å². The van der Waals surface area contributed by atoms with Crippen LogP contribution in [0.4, 0.5) is 5.69 Å². The van der Waals surface area contributed by atoms with Gasteiger partial charge in [0.15, 0.2) is 0 Å². The summed E-state index contributed by atoms with van der Waals surface area (Å²) in [5, 5.41) is 12.2. The van der Waals surface area contributed by atoms with E-state index in [4.69, 9.17) is 0 Å². The topological polar surface area (TPSA) is 56.0 Å². The fraction of sp³-hybridized carbons (Fsp3) is 0.154. The number of thiol groups is 1. The summed E-state index contributed by atoms with van der Waals surface area (Å²) in [5.74, 6) is 6.67. The van der Waals surface area contributed by atoms with Gasteiger partial charge in [-0.15, -0.1) is 0 Å². The highest BCUT2D eigenvalue weighted by Gasteiger charge is 2.13. The zero-order valence-electron chi connectivity index (χ0n) is 9.46. The van der Waals surface area contributed by atoms with E-state index in [1.54, 1.807) is 18.3 Å². The van der Waals surface area contributed by atoms with Crippen molar-refractivity contribution >= 4 is 29.1 Å². The number of fused-ring (bicyclic) bond motifs is 1. The molecule has 0 unspecified atom stereocenters. The van der Waals surface area contributed by atoms with Crippen LogP contribution < -0.4 is 0 Å². The molecule has 0 N–H and O–H groups in total. The van der Waals surface area contributed by atoms with Crippen molar-refractivity contribution < 1.29 is 4.92 Å². The van der Waals surface area contributed by atoms with Gasteiger partial charge >= 0.3 is 0 Å². The molecule has 1 aromatic carbocycles. The van der Waals surface area contributed by atoms with E-state index in [-0.39, 0.29) is 5.69 Å². The van der Waals surface area contributed by atoms with E-state index in [1.165, 1.54) is 12.3 Å². The van der Waals surface area contributed by atoms with Gasteiger partial charge in [0, 0.05) is 41.6 Å². The number of nitro benzene ring substituents is 1.